The van der Waals surface area contributed by atoms with E-state index in [2.05, 4.69) is 20.4 Å². The standard InChI is InChI=1S/C19H23N7O3/c1-11-9-20-19(22-15-4-5-21-24(15)3)23-16(11)13-8-14-17(27)26(12(2)18(28)29)7-6-25(14)10-13/h4-5,8-10,12,18,28-29H,6-7H2,1-3H3,(H,20,22,23). The number of hydrogen-bond donors (Lipinski definition) is 3. The maximum atomic E-state index is 12.8. The second-order valence-corrected chi connectivity index (χ2v) is 7.15. The first kappa shape index (κ1) is 19.1. The van der Waals surface area contributed by atoms with Crippen molar-refractivity contribution in [1.82, 2.24) is 29.2 Å². The van der Waals surface area contributed by atoms with Gasteiger partial charge in [-0.2, -0.15) is 5.10 Å². The molecule has 0 fully saturated rings. The molecule has 10 heteroatoms. The number of carbonyl (C=O) groups is 1. The molecule has 4 heterocycles. The van der Waals surface area contributed by atoms with Crippen LogP contribution >= 0.6 is 0 Å². The molecule has 0 radical (unpaired) electrons. The van der Waals surface area contributed by atoms with E-state index in [1.165, 1.54) is 4.90 Å². The van der Waals surface area contributed by atoms with Crippen LogP contribution in [0.3, 0.4) is 0 Å². The highest BCUT2D eigenvalue weighted by molar-refractivity contribution is 5.95. The van der Waals surface area contributed by atoms with Gasteiger partial charge < -0.3 is 25.0 Å². The Kier molecular flexibility index (Phi) is 4.81. The van der Waals surface area contributed by atoms with Crippen molar-refractivity contribution in [2.45, 2.75) is 32.7 Å². The van der Waals surface area contributed by atoms with Gasteiger partial charge in [-0.1, -0.05) is 0 Å². The third kappa shape index (κ3) is 3.47. The van der Waals surface area contributed by atoms with Gasteiger partial charge in [0.05, 0.1) is 17.9 Å². The minimum Gasteiger partial charge on any atom is -0.366 e. The fraction of sp³-hybridized carbons (Fsp3) is 0.368. The summed E-state index contributed by atoms with van der Waals surface area (Å²) >= 11 is 0. The average Bonchev–Trinajstić information content (AvgIpc) is 3.30. The van der Waals surface area contributed by atoms with Crippen LogP contribution in [0.1, 0.15) is 23.0 Å². The fourth-order valence-corrected chi connectivity index (χ4v) is 3.42. The van der Waals surface area contributed by atoms with Gasteiger partial charge in [0.25, 0.3) is 5.91 Å². The molecule has 152 valence electrons. The van der Waals surface area contributed by atoms with Crippen molar-refractivity contribution < 1.29 is 15.0 Å². The molecule has 3 aromatic rings. The summed E-state index contributed by atoms with van der Waals surface area (Å²) in [7, 11) is 1.82. The molecule has 0 aromatic carbocycles. The normalized spacial score (nSPS) is 15.0. The Hall–Kier alpha value is -3.24. The van der Waals surface area contributed by atoms with E-state index in [-0.39, 0.29) is 5.91 Å². The quantitative estimate of drug-likeness (QED) is 0.547. The average molecular weight is 397 g/mol. The number of amides is 1. The predicted octanol–water partition coefficient (Wildman–Crippen LogP) is 0.886. The van der Waals surface area contributed by atoms with E-state index in [9.17, 15) is 15.0 Å². The Morgan fingerprint density at radius 2 is 2.07 bits per heavy atom. The highest BCUT2D eigenvalue weighted by atomic mass is 16.5. The molecule has 4 rings (SSSR count). The van der Waals surface area contributed by atoms with Crippen molar-refractivity contribution >= 4 is 17.7 Å². The van der Waals surface area contributed by atoms with Crippen LogP contribution in [-0.2, 0) is 13.6 Å². The Morgan fingerprint density at radius 1 is 1.28 bits per heavy atom. The van der Waals surface area contributed by atoms with E-state index in [1.54, 1.807) is 30.1 Å². The fourth-order valence-electron chi connectivity index (χ4n) is 3.42. The monoisotopic (exact) mass is 397 g/mol. The molecule has 1 aliphatic rings. The molecular weight excluding hydrogens is 374 g/mol. The summed E-state index contributed by atoms with van der Waals surface area (Å²) in [6, 6.07) is 2.93. The minimum absolute atomic E-state index is 0.233. The van der Waals surface area contributed by atoms with E-state index in [0.29, 0.717) is 24.7 Å². The summed E-state index contributed by atoms with van der Waals surface area (Å²) < 4.78 is 3.56. The Bertz CT molecular complexity index is 1060. The number of nitrogens with zero attached hydrogens (tertiary/aromatic N) is 6. The van der Waals surface area contributed by atoms with Gasteiger partial charge >= 0.3 is 0 Å². The lowest BCUT2D eigenvalue weighted by Crippen LogP contribution is -2.49. The lowest BCUT2D eigenvalue weighted by Gasteiger charge is -2.34. The number of aliphatic hydroxyl groups excluding tert-OH is 1. The van der Waals surface area contributed by atoms with Crippen LogP contribution in [0, 0.1) is 6.92 Å². The van der Waals surface area contributed by atoms with E-state index >= 15 is 0 Å². The molecule has 0 saturated carbocycles. The number of aryl methyl sites for hydroxylation is 2. The summed E-state index contributed by atoms with van der Waals surface area (Å²) in [6.45, 7) is 4.52. The molecule has 1 amide bonds. The lowest BCUT2D eigenvalue weighted by atomic mass is 10.1. The largest absolute Gasteiger partial charge is 0.366 e. The van der Waals surface area contributed by atoms with Gasteiger partial charge in [0.2, 0.25) is 5.95 Å². The highest BCUT2D eigenvalue weighted by Crippen LogP contribution is 2.28. The summed E-state index contributed by atoms with van der Waals surface area (Å²) in [6.07, 6.45) is 3.73. The number of rotatable bonds is 5. The topological polar surface area (TPSA) is 121 Å². The Labute approximate surface area is 167 Å². The maximum absolute atomic E-state index is 12.8. The van der Waals surface area contributed by atoms with Crippen molar-refractivity contribution in [3.8, 4) is 11.3 Å². The number of carbonyl (C=O) groups excluding carboxylic acids is 1. The van der Waals surface area contributed by atoms with Crippen LogP contribution in [0.5, 0.6) is 0 Å². The lowest BCUT2D eigenvalue weighted by molar-refractivity contribution is -0.0891. The maximum Gasteiger partial charge on any atom is 0.270 e. The first-order chi connectivity index (χ1) is 13.8. The van der Waals surface area contributed by atoms with Crippen LogP contribution in [0.2, 0.25) is 0 Å². The molecule has 0 bridgehead atoms. The number of aromatic nitrogens is 5. The zero-order chi connectivity index (χ0) is 20.7. The van der Waals surface area contributed by atoms with Gasteiger partial charge in [0, 0.05) is 44.2 Å². The van der Waals surface area contributed by atoms with E-state index in [1.807, 2.05) is 30.8 Å². The van der Waals surface area contributed by atoms with Gasteiger partial charge in [0.15, 0.2) is 6.29 Å². The number of hydrogen-bond acceptors (Lipinski definition) is 7. The third-order valence-electron chi connectivity index (χ3n) is 5.19. The number of aliphatic hydroxyl groups is 2. The molecule has 0 saturated heterocycles. The first-order valence-corrected chi connectivity index (χ1v) is 9.31. The molecule has 1 atom stereocenters. The van der Waals surface area contributed by atoms with Crippen LogP contribution < -0.4 is 5.32 Å². The van der Waals surface area contributed by atoms with Crippen molar-refractivity contribution in [3.05, 3.63) is 42.0 Å². The van der Waals surface area contributed by atoms with Crippen LogP contribution in [-0.4, -0.2) is 64.2 Å². The number of fused-ring (bicyclic) bond motifs is 1. The molecule has 3 aromatic heterocycles. The molecular formula is C19H23N7O3. The van der Waals surface area contributed by atoms with E-state index in [0.717, 1.165) is 22.6 Å². The van der Waals surface area contributed by atoms with Crippen molar-refractivity contribution in [2.24, 2.45) is 7.05 Å². The predicted molar refractivity (Wildman–Crippen MR) is 105 cm³/mol. The van der Waals surface area contributed by atoms with Gasteiger partial charge in [-0.3, -0.25) is 9.48 Å². The number of anilines is 2. The van der Waals surface area contributed by atoms with Crippen LogP contribution in [0.15, 0.2) is 30.7 Å². The van der Waals surface area contributed by atoms with Crippen molar-refractivity contribution in [2.75, 3.05) is 11.9 Å². The first-order valence-electron chi connectivity index (χ1n) is 9.31. The molecule has 0 aliphatic carbocycles. The van der Waals surface area contributed by atoms with Crippen molar-refractivity contribution in [1.29, 1.82) is 0 Å². The van der Waals surface area contributed by atoms with Gasteiger partial charge in [-0.25, -0.2) is 9.97 Å². The number of nitrogens with one attached hydrogen (secondary N) is 1. The molecule has 29 heavy (non-hydrogen) atoms. The molecule has 1 aliphatic heterocycles. The van der Waals surface area contributed by atoms with Crippen LogP contribution in [0.4, 0.5) is 11.8 Å². The Balaban J connectivity index is 1.65. The van der Waals surface area contributed by atoms with Crippen molar-refractivity contribution in [3.63, 3.8) is 0 Å². The minimum atomic E-state index is -1.58. The molecule has 3 N–H and O–H groups in total. The van der Waals surface area contributed by atoms with E-state index in [4.69, 9.17) is 0 Å². The molecule has 10 nitrogen and oxygen atoms in total. The summed E-state index contributed by atoms with van der Waals surface area (Å²) in [4.78, 5) is 23.3. The summed E-state index contributed by atoms with van der Waals surface area (Å²) in [5.41, 5.74) is 2.91. The highest BCUT2D eigenvalue weighted by Gasteiger charge is 2.31. The SMILES string of the molecule is Cc1cnc(Nc2ccnn2C)nc1-c1cc2n(c1)CCN(C(C)C(O)O)C2=O. The zero-order valence-electron chi connectivity index (χ0n) is 16.4. The Morgan fingerprint density at radius 3 is 2.76 bits per heavy atom. The second kappa shape index (κ2) is 7.30. The zero-order valence-corrected chi connectivity index (χ0v) is 16.4. The van der Waals surface area contributed by atoms with Gasteiger partial charge in [0.1, 0.15) is 11.5 Å². The smallest absolute Gasteiger partial charge is 0.270 e. The molecule has 1 unspecified atom stereocenters. The third-order valence-corrected chi connectivity index (χ3v) is 5.19. The molecule has 0 spiro atoms. The van der Waals surface area contributed by atoms with Crippen LogP contribution in [0.25, 0.3) is 11.3 Å². The van der Waals surface area contributed by atoms with E-state index < -0.39 is 12.3 Å². The van der Waals surface area contributed by atoms with Gasteiger partial charge in [-0.05, 0) is 25.5 Å². The van der Waals surface area contributed by atoms with Gasteiger partial charge in [-0.15, -0.1) is 0 Å². The summed E-state index contributed by atoms with van der Waals surface area (Å²) in [5.74, 6) is 0.963. The summed E-state index contributed by atoms with van der Waals surface area (Å²) in [5, 5.41) is 26.1. The second-order valence-electron chi connectivity index (χ2n) is 7.15.